The van der Waals surface area contributed by atoms with Crippen LogP contribution in [0, 0.1) is 5.41 Å². The van der Waals surface area contributed by atoms with E-state index < -0.39 is 6.03 Å². The van der Waals surface area contributed by atoms with Gasteiger partial charge in [-0.05, 0) is 0 Å². The minimum Gasteiger partial charge on any atom is -0.341 e. The summed E-state index contributed by atoms with van der Waals surface area (Å²) in [5.41, 5.74) is -0.376. The van der Waals surface area contributed by atoms with Gasteiger partial charge in [-0.2, -0.15) is 0 Å². The van der Waals surface area contributed by atoms with Crippen molar-refractivity contribution in [2.45, 2.75) is 20.8 Å². The second-order valence-electron chi connectivity index (χ2n) is 5.95. The van der Waals surface area contributed by atoms with Crippen LogP contribution in [0.25, 0.3) is 0 Å². The highest BCUT2D eigenvalue weighted by Gasteiger charge is 2.30. The van der Waals surface area contributed by atoms with E-state index in [1.54, 1.807) is 0 Å². The number of urea groups is 1. The monoisotopic (exact) mass is 284 g/mol. The lowest BCUT2D eigenvalue weighted by Crippen LogP contribution is -2.53. The van der Waals surface area contributed by atoms with Gasteiger partial charge in [-0.15, -0.1) is 0 Å². The van der Waals surface area contributed by atoms with Crippen molar-refractivity contribution in [1.29, 1.82) is 0 Å². The van der Waals surface area contributed by atoms with E-state index in [9.17, 15) is 14.4 Å². The zero-order valence-electron chi connectivity index (χ0n) is 12.7. The van der Waals surface area contributed by atoms with Crippen LogP contribution in [0.2, 0.25) is 0 Å². The molecule has 7 heteroatoms. The predicted molar refractivity (Wildman–Crippen MR) is 75.1 cm³/mol. The molecule has 0 spiro atoms. The van der Waals surface area contributed by atoms with E-state index in [2.05, 4.69) is 10.6 Å². The number of carbonyl (C=O) groups excluding carboxylic acids is 3. The maximum atomic E-state index is 12.1. The molecular formula is C13H24N4O3. The summed E-state index contributed by atoms with van der Waals surface area (Å²) in [7, 11) is 1.46. The van der Waals surface area contributed by atoms with E-state index >= 15 is 0 Å². The summed E-state index contributed by atoms with van der Waals surface area (Å²) >= 11 is 0. The molecule has 0 aliphatic carbocycles. The molecule has 2 N–H and O–H groups in total. The average Bonchev–Trinajstić information content (AvgIpc) is 2.37. The Labute approximate surface area is 119 Å². The number of rotatable bonds is 2. The van der Waals surface area contributed by atoms with Gasteiger partial charge in [0.25, 0.3) is 0 Å². The fourth-order valence-corrected chi connectivity index (χ4v) is 2.02. The molecular weight excluding hydrogens is 260 g/mol. The van der Waals surface area contributed by atoms with Crippen molar-refractivity contribution >= 4 is 17.8 Å². The number of hydrogen-bond acceptors (Lipinski definition) is 4. The minimum absolute atomic E-state index is 0.131. The fraction of sp³-hybridized carbons (Fsp3) is 0.769. The Kier molecular flexibility index (Phi) is 5.50. The molecule has 0 aromatic rings. The molecule has 1 aliphatic rings. The molecule has 1 fully saturated rings. The SMILES string of the molecule is CNC(=O)NC(=O)CN1CCN(C(=O)C(C)(C)C)CC1. The molecule has 1 saturated heterocycles. The molecule has 4 amide bonds. The number of nitrogens with one attached hydrogen (secondary N) is 2. The Morgan fingerprint density at radius 1 is 1.05 bits per heavy atom. The van der Waals surface area contributed by atoms with Crippen LogP contribution in [0.4, 0.5) is 4.79 Å². The first-order chi connectivity index (χ1) is 9.24. The van der Waals surface area contributed by atoms with Crippen LogP contribution < -0.4 is 10.6 Å². The van der Waals surface area contributed by atoms with Crippen LogP contribution in [0.1, 0.15) is 20.8 Å². The number of nitrogens with zero attached hydrogens (tertiary/aromatic N) is 2. The molecule has 1 rings (SSSR count). The largest absolute Gasteiger partial charge is 0.341 e. The first kappa shape index (κ1) is 16.4. The van der Waals surface area contributed by atoms with Gasteiger partial charge in [-0.3, -0.25) is 19.8 Å². The number of piperazine rings is 1. The highest BCUT2D eigenvalue weighted by Crippen LogP contribution is 2.18. The van der Waals surface area contributed by atoms with Gasteiger partial charge in [0.1, 0.15) is 0 Å². The quantitative estimate of drug-likeness (QED) is 0.725. The van der Waals surface area contributed by atoms with Gasteiger partial charge in [0.05, 0.1) is 6.54 Å². The third-order valence-electron chi connectivity index (χ3n) is 3.15. The lowest BCUT2D eigenvalue weighted by Gasteiger charge is -2.37. The molecule has 0 bridgehead atoms. The molecule has 1 aliphatic heterocycles. The summed E-state index contributed by atoms with van der Waals surface area (Å²) in [6, 6.07) is -0.503. The van der Waals surface area contributed by atoms with E-state index in [-0.39, 0.29) is 23.8 Å². The summed E-state index contributed by atoms with van der Waals surface area (Å²) in [5.74, 6) is -0.202. The fourth-order valence-electron chi connectivity index (χ4n) is 2.02. The lowest BCUT2D eigenvalue weighted by molar-refractivity contribution is -0.141. The zero-order valence-corrected chi connectivity index (χ0v) is 12.7. The first-order valence-electron chi connectivity index (χ1n) is 6.77. The van der Waals surface area contributed by atoms with E-state index in [4.69, 9.17) is 0 Å². The highest BCUT2D eigenvalue weighted by molar-refractivity contribution is 5.95. The first-order valence-corrected chi connectivity index (χ1v) is 6.77. The van der Waals surface area contributed by atoms with Crippen molar-refractivity contribution in [3.05, 3.63) is 0 Å². The Morgan fingerprint density at radius 3 is 2.05 bits per heavy atom. The standard InChI is InChI=1S/C13H24N4O3/c1-13(2,3)11(19)17-7-5-16(6-8-17)9-10(18)15-12(20)14-4/h5-9H2,1-4H3,(H2,14,15,18,20). The molecule has 0 aromatic heterocycles. The number of carbonyl (C=O) groups is 3. The molecule has 0 atom stereocenters. The second kappa shape index (κ2) is 6.69. The summed E-state index contributed by atoms with van der Waals surface area (Å²) < 4.78 is 0. The molecule has 0 unspecified atom stereocenters. The van der Waals surface area contributed by atoms with Crippen LogP contribution in [0.5, 0.6) is 0 Å². The van der Waals surface area contributed by atoms with Gasteiger partial charge in [0.2, 0.25) is 11.8 Å². The lowest BCUT2D eigenvalue weighted by atomic mass is 9.94. The third-order valence-corrected chi connectivity index (χ3v) is 3.15. The van der Waals surface area contributed by atoms with Gasteiger partial charge >= 0.3 is 6.03 Å². The minimum atomic E-state index is -0.503. The van der Waals surface area contributed by atoms with Gasteiger partial charge in [-0.1, -0.05) is 20.8 Å². The van der Waals surface area contributed by atoms with Crippen molar-refractivity contribution in [2.24, 2.45) is 5.41 Å². The molecule has 114 valence electrons. The predicted octanol–water partition coefficient (Wildman–Crippen LogP) is -0.368. The number of imide groups is 1. The van der Waals surface area contributed by atoms with E-state index in [1.807, 2.05) is 30.6 Å². The maximum absolute atomic E-state index is 12.1. The van der Waals surface area contributed by atoms with Crippen LogP contribution >= 0.6 is 0 Å². The van der Waals surface area contributed by atoms with Crippen LogP contribution in [0.3, 0.4) is 0 Å². The van der Waals surface area contributed by atoms with Crippen molar-refractivity contribution in [2.75, 3.05) is 39.8 Å². The van der Waals surface area contributed by atoms with E-state index in [0.717, 1.165) is 0 Å². The van der Waals surface area contributed by atoms with Crippen LogP contribution in [-0.4, -0.2) is 67.4 Å². The summed E-state index contributed by atoms with van der Waals surface area (Å²) in [6.45, 7) is 8.39. The molecule has 0 saturated carbocycles. The Balaban J connectivity index is 2.38. The van der Waals surface area contributed by atoms with Crippen molar-refractivity contribution in [3.63, 3.8) is 0 Å². The van der Waals surface area contributed by atoms with Gasteiger partial charge < -0.3 is 10.2 Å². The van der Waals surface area contributed by atoms with Gasteiger partial charge in [0.15, 0.2) is 0 Å². The van der Waals surface area contributed by atoms with Gasteiger partial charge in [-0.25, -0.2) is 4.79 Å². The Bertz CT molecular complexity index is 382. The normalized spacial score (nSPS) is 16.7. The number of amides is 4. The van der Waals surface area contributed by atoms with E-state index in [0.29, 0.717) is 26.2 Å². The number of hydrogen-bond donors (Lipinski definition) is 2. The van der Waals surface area contributed by atoms with Crippen molar-refractivity contribution in [1.82, 2.24) is 20.4 Å². The molecule has 7 nitrogen and oxygen atoms in total. The van der Waals surface area contributed by atoms with Crippen molar-refractivity contribution in [3.8, 4) is 0 Å². The summed E-state index contributed by atoms with van der Waals surface area (Å²) in [5, 5.41) is 4.55. The average molecular weight is 284 g/mol. The third kappa shape index (κ3) is 4.80. The van der Waals surface area contributed by atoms with E-state index in [1.165, 1.54) is 7.05 Å². The Hall–Kier alpha value is -1.63. The summed E-state index contributed by atoms with van der Waals surface area (Å²) in [6.07, 6.45) is 0. The van der Waals surface area contributed by atoms with Crippen LogP contribution in [0.15, 0.2) is 0 Å². The molecule has 1 heterocycles. The highest BCUT2D eigenvalue weighted by atomic mass is 16.2. The smallest absolute Gasteiger partial charge is 0.321 e. The molecule has 0 radical (unpaired) electrons. The van der Waals surface area contributed by atoms with Crippen LogP contribution in [-0.2, 0) is 9.59 Å². The molecule has 20 heavy (non-hydrogen) atoms. The van der Waals surface area contributed by atoms with Crippen molar-refractivity contribution < 1.29 is 14.4 Å². The summed E-state index contributed by atoms with van der Waals surface area (Å²) in [4.78, 5) is 38.4. The Morgan fingerprint density at radius 2 is 1.60 bits per heavy atom. The maximum Gasteiger partial charge on any atom is 0.321 e. The topological polar surface area (TPSA) is 81.8 Å². The van der Waals surface area contributed by atoms with Gasteiger partial charge in [0, 0.05) is 38.6 Å². The second-order valence-corrected chi connectivity index (χ2v) is 5.95. The molecule has 0 aromatic carbocycles. The zero-order chi connectivity index (χ0) is 15.3.